The van der Waals surface area contributed by atoms with Gasteiger partial charge in [-0.3, -0.25) is 9.89 Å². The van der Waals surface area contributed by atoms with Crippen molar-refractivity contribution in [1.29, 1.82) is 0 Å². The molecule has 1 fully saturated rings. The van der Waals surface area contributed by atoms with Crippen LogP contribution in [0, 0.1) is 6.92 Å². The van der Waals surface area contributed by atoms with Crippen LogP contribution in [-0.2, 0) is 6.54 Å². The molecule has 0 radical (unpaired) electrons. The zero-order valence-electron chi connectivity index (χ0n) is 15.0. The Labute approximate surface area is 162 Å². The summed E-state index contributed by atoms with van der Waals surface area (Å²) in [5, 5.41) is 17.6. The third-order valence-corrected chi connectivity index (χ3v) is 5.65. The van der Waals surface area contributed by atoms with Crippen LogP contribution in [0.1, 0.15) is 22.4 Å². The average Bonchev–Trinajstić information content (AvgIpc) is 3.25. The average molecular weight is 398 g/mol. The Kier molecular flexibility index (Phi) is 6.53. The first-order valence-electron chi connectivity index (χ1n) is 8.58. The smallest absolute Gasteiger partial charge is 0.193 e. The molecular weight excluding hydrogens is 374 g/mol. The van der Waals surface area contributed by atoms with Gasteiger partial charge in [0.1, 0.15) is 11.9 Å². The fraction of sp³-hybridized carbons (Fsp3) is 0.529. The van der Waals surface area contributed by atoms with Gasteiger partial charge in [-0.1, -0.05) is 16.8 Å². The standard InChI is InChI=1S/C17H24ClN5O2S/c1-12-9-13(21-25-12)11-22-5-7-23(8-6-22)17(19-2)20-10-14(24)15-3-4-16(18)26-15/h3-4,9,14,24H,5-8,10-11H2,1-2H3,(H,19,20). The summed E-state index contributed by atoms with van der Waals surface area (Å²) < 4.78 is 5.81. The molecule has 1 aliphatic heterocycles. The number of hydrogen-bond acceptors (Lipinski definition) is 6. The first-order chi connectivity index (χ1) is 12.5. The maximum absolute atomic E-state index is 10.3. The highest BCUT2D eigenvalue weighted by atomic mass is 35.5. The van der Waals surface area contributed by atoms with Gasteiger partial charge in [0.2, 0.25) is 0 Å². The SMILES string of the molecule is CN=C(NCC(O)c1ccc(Cl)s1)N1CCN(Cc2cc(C)on2)CC1. The Balaban J connectivity index is 1.46. The number of aliphatic hydroxyl groups is 1. The van der Waals surface area contributed by atoms with Gasteiger partial charge in [0, 0.05) is 57.3 Å². The lowest BCUT2D eigenvalue weighted by Gasteiger charge is -2.36. The maximum atomic E-state index is 10.3. The van der Waals surface area contributed by atoms with Crippen molar-refractivity contribution >= 4 is 28.9 Å². The van der Waals surface area contributed by atoms with Crippen molar-refractivity contribution in [2.24, 2.45) is 4.99 Å². The van der Waals surface area contributed by atoms with Gasteiger partial charge in [-0.25, -0.2) is 0 Å². The van der Waals surface area contributed by atoms with Gasteiger partial charge >= 0.3 is 0 Å². The van der Waals surface area contributed by atoms with Gasteiger partial charge in [0.25, 0.3) is 0 Å². The van der Waals surface area contributed by atoms with E-state index in [0.29, 0.717) is 10.9 Å². The van der Waals surface area contributed by atoms with Crippen molar-refractivity contribution in [3.63, 3.8) is 0 Å². The molecule has 0 spiro atoms. The number of aliphatic hydroxyl groups excluding tert-OH is 1. The fourth-order valence-corrected chi connectivity index (χ4v) is 4.01. The lowest BCUT2D eigenvalue weighted by Crippen LogP contribution is -2.52. The third-order valence-electron chi connectivity index (χ3n) is 4.32. The first kappa shape index (κ1) is 19.2. The fourth-order valence-electron chi connectivity index (χ4n) is 2.97. The zero-order chi connectivity index (χ0) is 18.5. The minimum absolute atomic E-state index is 0.405. The van der Waals surface area contributed by atoms with E-state index < -0.39 is 6.10 Å². The van der Waals surface area contributed by atoms with Crippen LogP contribution in [0.3, 0.4) is 0 Å². The van der Waals surface area contributed by atoms with E-state index in [2.05, 4.69) is 25.3 Å². The molecule has 0 aliphatic carbocycles. The Morgan fingerprint density at radius 1 is 1.42 bits per heavy atom. The number of halogens is 1. The highest BCUT2D eigenvalue weighted by Crippen LogP contribution is 2.26. The maximum Gasteiger partial charge on any atom is 0.193 e. The number of rotatable bonds is 5. The van der Waals surface area contributed by atoms with E-state index in [1.165, 1.54) is 11.3 Å². The van der Waals surface area contributed by atoms with Crippen molar-refractivity contribution in [2.45, 2.75) is 19.6 Å². The summed E-state index contributed by atoms with van der Waals surface area (Å²) in [6, 6.07) is 5.63. The summed E-state index contributed by atoms with van der Waals surface area (Å²) in [5.74, 6) is 1.65. The molecule has 1 saturated heterocycles. The van der Waals surface area contributed by atoms with Crippen molar-refractivity contribution in [3.8, 4) is 0 Å². The number of aliphatic imine (C=N–C) groups is 1. The molecule has 0 saturated carbocycles. The number of aryl methyl sites for hydroxylation is 1. The quantitative estimate of drug-likeness (QED) is 0.594. The highest BCUT2D eigenvalue weighted by Gasteiger charge is 2.21. The molecule has 0 aromatic carbocycles. The summed E-state index contributed by atoms with van der Waals surface area (Å²) in [4.78, 5) is 9.76. The van der Waals surface area contributed by atoms with Gasteiger partial charge in [-0.05, 0) is 19.1 Å². The Bertz CT molecular complexity index is 739. The number of nitrogens with zero attached hydrogens (tertiary/aromatic N) is 4. The van der Waals surface area contributed by atoms with Crippen molar-refractivity contribution in [2.75, 3.05) is 39.8 Å². The Morgan fingerprint density at radius 2 is 2.19 bits per heavy atom. The van der Waals surface area contributed by atoms with Crippen LogP contribution in [-0.4, -0.2) is 65.8 Å². The van der Waals surface area contributed by atoms with Crippen LogP contribution >= 0.6 is 22.9 Å². The summed E-state index contributed by atoms with van der Waals surface area (Å²) in [6.07, 6.45) is -0.596. The van der Waals surface area contributed by atoms with E-state index in [1.54, 1.807) is 13.1 Å². The molecule has 1 aliphatic rings. The number of thiophene rings is 1. The number of nitrogens with one attached hydrogen (secondary N) is 1. The van der Waals surface area contributed by atoms with Gasteiger partial charge in [-0.2, -0.15) is 0 Å². The third kappa shape index (κ3) is 4.97. The zero-order valence-corrected chi connectivity index (χ0v) is 16.6. The second-order valence-corrected chi connectivity index (χ2v) is 8.02. The van der Waals surface area contributed by atoms with Gasteiger partial charge in [-0.15, -0.1) is 11.3 Å². The molecule has 26 heavy (non-hydrogen) atoms. The minimum Gasteiger partial charge on any atom is -0.386 e. The van der Waals surface area contributed by atoms with Crippen LogP contribution < -0.4 is 5.32 Å². The van der Waals surface area contributed by atoms with E-state index in [9.17, 15) is 5.11 Å². The number of piperazine rings is 1. The molecule has 2 aromatic heterocycles. The largest absolute Gasteiger partial charge is 0.386 e. The Morgan fingerprint density at radius 3 is 2.77 bits per heavy atom. The van der Waals surface area contributed by atoms with Crippen molar-refractivity contribution in [3.05, 3.63) is 38.9 Å². The predicted molar refractivity (Wildman–Crippen MR) is 104 cm³/mol. The van der Waals surface area contributed by atoms with Crippen molar-refractivity contribution < 1.29 is 9.63 Å². The summed E-state index contributed by atoms with van der Waals surface area (Å²) in [6.45, 7) is 6.71. The second-order valence-electron chi connectivity index (χ2n) is 6.28. The summed E-state index contributed by atoms with van der Waals surface area (Å²) in [5.41, 5.74) is 0.969. The van der Waals surface area contributed by atoms with Crippen LogP contribution in [0.15, 0.2) is 27.7 Å². The molecule has 3 rings (SSSR count). The van der Waals surface area contributed by atoms with Crippen molar-refractivity contribution in [1.82, 2.24) is 20.3 Å². The van der Waals surface area contributed by atoms with Gasteiger partial charge in [0.05, 0.1) is 10.0 Å². The molecule has 3 heterocycles. The monoisotopic (exact) mass is 397 g/mol. The lowest BCUT2D eigenvalue weighted by molar-refractivity contribution is 0.162. The van der Waals surface area contributed by atoms with E-state index in [-0.39, 0.29) is 0 Å². The molecule has 2 N–H and O–H groups in total. The lowest BCUT2D eigenvalue weighted by atomic mass is 10.2. The van der Waals surface area contributed by atoms with E-state index in [4.69, 9.17) is 16.1 Å². The number of hydrogen-bond donors (Lipinski definition) is 2. The molecular formula is C17H24ClN5O2S. The van der Waals surface area contributed by atoms with Crippen LogP contribution in [0.2, 0.25) is 4.34 Å². The Hall–Kier alpha value is -1.61. The molecule has 7 nitrogen and oxygen atoms in total. The molecule has 0 bridgehead atoms. The first-order valence-corrected chi connectivity index (χ1v) is 9.78. The van der Waals surface area contributed by atoms with Crippen LogP contribution in [0.25, 0.3) is 0 Å². The van der Waals surface area contributed by atoms with Crippen LogP contribution in [0.4, 0.5) is 0 Å². The second kappa shape index (κ2) is 8.85. The highest BCUT2D eigenvalue weighted by molar-refractivity contribution is 7.16. The van der Waals surface area contributed by atoms with Gasteiger partial charge in [0.15, 0.2) is 5.96 Å². The topological polar surface area (TPSA) is 77.1 Å². The minimum atomic E-state index is -0.596. The van der Waals surface area contributed by atoms with E-state index in [1.807, 2.05) is 19.1 Å². The molecule has 9 heteroatoms. The predicted octanol–water partition coefficient (Wildman–Crippen LogP) is 2.12. The molecule has 0 amide bonds. The summed E-state index contributed by atoms with van der Waals surface area (Å²) >= 11 is 7.32. The summed E-state index contributed by atoms with van der Waals surface area (Å²) in [7, 11) is 1.77. The molecule has 2 aromatic rings. The normalized spacial score (nSPS) is 17.5. The number of guanidine groups is 1. The molecule has 1 atom stereocenters. The van der Waals surface area contributed by atoms with Gasteiger partial charge < -0.3 is 19.8 Å². The van der Waals surface area contributed by atoms with E-state index >= 15 is 0 Å². The van der Waals surface area contributed by atoms with Crippen LogP contribution in [0.5, 0.6) is 0 Å². The molecule has 142 valence electrons. The molecule has 1 unspecified atom stereocenters. The number of aromatic nitrogens is 1. The van der Waals surface area contributed by atoms with E-state index in [0.717, 1.165) is 55.0 Å².